The van der Waals surface area contributed by atoms with Crippen molar-refractivity contribution < 1.29 is 0 Å². The first-order valence-electron chi connectivity index (χ1n) is 7.11. The van der Waals surface area contributed by atoms with Gasteiger partial charge in [-0.05, 0) is 31.7 Å². The van der Waals surface area contributed by atoms with Crippen molar-refractivity contribution in [3.05, 3.63) is 71.8 Å². The molecule has 0 N–H and O–H groups in total. The number of halogens is 1. The van der Waals surface area contributed by atoms with Gasteiger partial charge in [0.1, 0.15) is 0 Å². The van der Waals surface area contributed by atoms with Crippen LogP contribution in [-0.4, -0.2) is 24.5 Å². The maximum absolute atomic E-state index is 6.56. The Hall–Kier alpha value is -1.75. The summed E-state index contributed by atoms with van der Waals surface area (Å²) in [4.78, 5) is 2.18. The summed E-state index contributed by atoms with van der Waals surface area (Å²) < 4.78 is 0. The van der Waals surface area contributed by atoms with Gasteiger partial charge in [0.2, 0.25) is 0 Å². The monoisotopic (exact) mass is 297 g/mol. The smallest absolute Gasteiger partial charge is 0.0738 e. The molecule has 0 radical (unpaired) electrons. The molecule has 0 fully saturated rings. The fourth-order valence-corrected chi connectivity index (χ4v) is 2.41. The van der Waals surface area contributed by atoms with Gasteiger partial charge in [-0.25, -0.2) is 0 Å². The molecule has 0 aliphatic carbocycles. The van der Waals surface area contributed by atoms with Crippen LogP contribution in [-0.2, 0) is 0 Å². The molecule has 0 spiro atoms. The minimum Gasteiger partial charge on any atom is -0.291 e. The summed E-state index contributed by atoms with van der Waals surface area (Å²) in [5.74, 6) is 6.38. The SMILES string of the molecule is C[C@@H]([C@H](Cl)c1ccccc1)N(C)CC#Cc1ccccc1. The lowest BCUT2D eigenvalue weighted by Gasteiger charge is -2.27. The van der Waals surface area contributed by atoms with Crippen LogP contribution in [0.25, 0.3) is 0 Å². The van der Waals surface area contributed by atoms with Gasteiger partial charge in [0.25, 0.3) is 0 Å². The third-order valence-corrected chi connectivity index (χ3v) is 4.19. The first kappa shape index (κ1) is 15.6. The largest absolute Gasteiger partial charge is 0.291 e. The van der Waals surface area contributed by atoms with E-state index < -0.39 is 0 Å². The van der Waals surface area contributed by atoms with E-state index >= 15 is 0 Å². The van der Waals surface area contributed by atoms with Crippen molar-refractivity contribution in [3.63, 3.8) is 0 Å². The third kappa shape index (κ3) is 4.63. The maximum Gasteiger partial charge on any atom is 0.0738 e. The Balaban J connectivity index is 1.94. The molecule has 2 rings (SSSR count). The zero-order valence-electron chi connectivity index (χ0n) is 12.5. The molecule has 2 aromatic carbocycles. The van der Waals surface area contributed by atoms with Crippen LogP contribution in [0.5, 0.6) is 0 Å². The molecule has 0 saturated heterocycles. The Morgan fingerprint density at radius 3 is 2.19 bits per heavy atom. The summed E-state index contributed by atoms with van der Waals surface area (Å²) in [6, 6.07) is 20.4. The van der Waals surface area contributed by atoms with Gasteiger partial charge >= 0.3 is 0 Å². The number of likely N-dealkylation sites (N-methyl/N-ethyl adjacent to an activating group) is 1. The van der Waals surface area contributed by atoms with Crippen LogP contribution < -0.4 is 0 Å². The molecular weight excluding hydrogens is 278 g/mol. The molecule has 0 amide bonds. The number of benzene rings is 2. The molecule has 2 aromatic rings. The van der Waals surface area contributed by atoms with E-state index in [9.17, 15) is 0 Å². The molecule has 0 saturated carbocycles. The van der Waals surface area contributed by atoms with Gasteiger partial charge in [0, 0.05) is 11.6 Å². The second-order valence-electron chi connectivity index (χ2n) is 5.14. The number of rotatable bonds is 4. The summed E-state index contributed by atoms with van der Waals surface area (Å²) >= 11 is 6.56. The van der Waals surface area contributed by atoms with E-state index in [1.807, 2.05) is 48.5 Å². The van der Waals surface area contributed by atoms with Gasteiger partial charge in [0.05, 0.1) is 11.9 Å². The van der Waals surface area contributed by atoms with Crippen LogP contribution >= 0.6 is 11.6 Å². The summed E-state index contributed by atoms with van der Waals surface area (Å²) in [7, 11) is 2.06. The van der Waals surface area contributed by atoms with E-state index in [2.05, 4.69) is 42.8 Å². The van der Waals surface area contributed by atoms with Crippen LogP contribution in [0.1, 0.15) is 23.4 Å². The van der Waals surface area contributed by atoms with E-state index in [1.165, 1.54) is 0 Å². The van der Waals surface area contributed by atoms with Gasteiger partial charge in [-0.3, -0.25) is 4.90 Å². The Morgan fingerprint density at radius 1 is 1.00 bits per heavy atom. The number of nitrogens with zero attached hydrogens (tertiary/aromatic N) is 1. The Labute approximate surface area is 132 Å². The van der Waals surface area contributed by atoms with Crippen LogP contribution in [0.15, 0.2) is 60.7 Å². The molecule has 1 nitrogen and oxygen atoms in total. The van der Waals surface area contributed by atoms with Gasteiger partial charge in [-0.2, -0.15) is 0 Å². The van der Waals surface area contributed by atoms with E-state index in [0.29, 0.717) is 6.54 Å². The van der Waals surface area contributed by atoms with Crippen LogP contribution in [0, 0.1) is 11.8 Å². The Morgan fingerprint density at radius 2 is 1.57 bits per heavy atom. The number of hydrogen-bond donors (Lipinski definition) is 0. The lowest BCUT2D eigenvalue weighted by atomic mass is 10.1. The zero-order chi connectivity index (χ0) is 15.1. The van der Waals surface area contributed by atoms with Crippen molar-refractivity contribution in [1.82, 2.24) is 4.90 Å². The second-order valence-corrected chi connectivity index (χ2v) is 5.61. The summed E-state index contributed by atoms with van der Waals surface area (Å²) in [5.41, 5.74) is 2.19. The van der Waals surface area contributed by atoms with Crippen molar-refractivity contribution in [2.45, 2.75) is 18.3 Å². The number of hydrogen-bond acceptors (Lipinski definition) is 1. The highest BCUT2D eigenvalue weighted by atomic mass is 35.5. The fraction of sp³-hybridized carbons (Fsp3) is 0.263. The summed E-state index contributed by atoms with van der Waals surface area (Å²) in [6.07, 6.45) is 0. The topological polar surface area (TPSA) is 3.24 Å². The average molecular weight is 298 g/mol. The van der Waals surface area contributed by atoms with E-state index in [-0.39, 0.29) is 11.4 Å². The first-order valence-corrected chi connectivity index (χ1v) is 7.55. The van der Waals surface area contributed by atoms with Crippen molar-refractivity contribution >= 4 is 11.6 Å². The fourth-order valence-electron chi connectivity index (χ4n) is 2.07. The molecule has 0 aliphatic rings. The molecule has 21 heavy (non-hydrogen) atoms. The van der Waals surface area contributed by atoms with Gasteiger partial charge in [0.15, 0.2) is 0 Å². The van der Waals surface area contributed by atoms with E-state index in [1.54, 1.807) is 0 Å². The van der Waals surface area contributed by atoms with Gasteiger partial charge < -0.3 is 0 Å². The van der Waals surface area contributed by atoms with Crippen molar-refractivity contribution in [1.29, 1.82) is 0 Å². The first-order chi connectivity index (χ1) is 10.2. The van der Waals surface area contributed by atoms with E-state index in [4.69, 9.17) is 11.6 Å². The Bertz CT molecular complexity index is 598. The lowest BCUT2D eigenvalue weighted by molar-refractivity contribution is 0.281. The highest BCUT2D eigenvalue weighted by molar-refractivity contribution is 6.21. The summed E-state index contributed by atoms with van der Waals surface area (Å²) in [5, 5.41) is -0.0327. The average Bonchev–Trinajstić information content (AvgIpc) is 2.55. The highest BCUT2D eigenvalue weighted by Gasteiger charge is 2.19. The molecule has 0 unspecified atom stereocenters. The molecular formula is C19H20ClN. The standard InChI is InChI=1S/C19H20ClN/c1-16(19(20)18-13-7-4-8-14-18)21(2)15-9-12-17-10-5-3-6-11-17/h3-8,10-11,13-14,16,19H,15H2,1-2H3/t16-,19-/m0/s1. The van der Waals surface area contributed by atoms with E-state index in [0.717, 1.165) is 11.1 Å². The molecule has 108 valence electrons. The van der Waals surface area contributed by atoms with Crippen LogP contribution in [0.4, 0.5) is 0 Å². The molecule has 2 atom stereocenters. The maximum atomic E-state index is 6.56. The normalized spacial score (nSPS) is 13.3. The van der Waals surface area contributed by atoms with Gasteiger partial charge in [-0.1, -0.05) is 60.4 Å². The predicted octanol–water partition coefficient (Wildman–Crippen LogP) is 4.34. The number of alkyl halides is 1. The summed E-state index contributed by atoms with van der Waals surface area (Å²) in [6.45, 7) is 2.83. The Kier molecular flexibility index (Phi) is 5.87. The quantitative estimate of drug-likeness (QED) is 0.599. The molecule has 0 bridgehead atoms. The van der Waals surface area contributed by atoms with Crippen LogP contribution in [0.2, 0.25) is 0 Å². The molecule has 0 aromatic heterocycles. The third-order valence-electron chi connectivity index (χ3n) is 3.57. The molecule has 0 heterocycles. The minimum absolute atomic E-state index is 0.0327. The van der Waals surface area contributed by atoms with Gasteiger partial charge in [-0.15, -0.1) is 11.6 Å². The lowest BCUT2D eigenvalue weighted by Crippen LogP contribution is -2.32. The minimum atomic E-state index is -0.0327. The molecule has 2 heteroatoms. The molecule has 0 aliphatic heterocycles. The van der Waals surface area contributed by atoms with Crippen LogP contribution in [0.3, 0.4) is 0 Å². The predicted molar refractivity (Wildman–Crippen MR) is 90.4 cm³/mol. The second kappa shape index (κ2) is 7.88. The zero-order valence-corrected chi connectivity index (χ0v) is 13.2. The highest BCUT2D eigenvalue weighted by Crippen LogP contribution is 2.26. The van der Waals surface area contributed by atoms with Crippen molar-refractivity contribution in [2.75, 3.05) is 13.6 Å². The van der Waals surface area contributed by atoms with Crippen molar-refractivity contribution in [3.8, 4) is 11.8 Å². The van der Waals surface area contributed by atoms with Crippen molar-refractivity contribution in [2.24, 2.45) is 0 Å².